The number of ether oxygens (including phenoxy) is 1. The maximum Gasteiger partial charge on any atom is 0.354 e. The van der Waals surface area contributed by atoms with Crippen LogP contribution in [0.1, 0.15) is 42.5 Å². The smallest absolute Gasteiger partial charge is 0.354 e. The molecule has 1 amide bonds. The van der Waals surface area contributed by atoms with E-state index in [1.54, 1.807) is 24.3 Å². The van der Waals surface area contributed by atoms with Gasteiger partial charge in [0.05, 0.1) is 13.4 Å². The molecule has 5 nitrogen and oxygen atoms in total. The van der Waals surface area contributed by atoms with E-state index in [1.165, 1.54) is 19.4 Å². The van der Waals surface area contributed by atoms with Crippen molar-refractivity contribution in [3.8, 4) is 0 Å². The van der Waals surface area contributed by atoms with Gasteiger partial charge in [0, 0.05) is 11.6 Å². The highest BCUT2D eigenvalue weighted by Crippen LogP contribution is 2.22. The fourth-order valence-corrected chi connectivity index (χ4v) is 2.09. The predicted molar refractivity (Wildman–Crippen MR) is 91.3 cm³/mol. The van der Waals surface area contributed by atoms with Gasteiger partial charge in [-0.1, -0.05) is 32.9 Å². The molecule has 0 aliphatic heterocycles. The van der Waals surface area contributed by atoms with Crippen LogP contribution < -0.4 is 5.32 Å². The van der Waals surface area contributed by atoms with Crippen molar-refractivity contribution in [2.75, 3.05) is 7.11 Å². The SMILES string of the molecule is COC(=O)/C(=C/c1ccco1)NC(=O)c1ccc(C(C)(C)C)cc1. The van der Waals surface area contributed by atoms with E-state index in [-0.39, 0.29) is 11.1 Å². The highest BCUT2D eigenvalue weighted by Gasteiger charge is 2.17. The Labute approximate surface area is 141 Å². The largest absolute Gasteiger partial charge is 0.465 e. The van der Waals surface area contributed by atoms with E-state index in [0.29, 0.717) is 11.3 Å². The molecule has 1 heterocycles. The van der Waals surface area contributed by atoms with Crippen LogP contribution in [0.3, 0.4) is 0 Å². The summed E-state index contributed by atoms with van der Waals surface area (Å²) in [5.74, 6) is -0.594. The Morgan fingerprint density at radius 3 is 2.29 bits per heavy atom. The van der Waals surface area contributed by atoms with Crippen molar-refractivity contribution in [3.05, 3.63) is 65.2 Å². The average molecular weight is 327 g/mol. The number of carbonyl (C=O) groups is 2. The summed E-state index contributed by atoms with van der Waals surface area (Å²) in [6.07, 6.45) is 2.90. The number of carbonyl (C=O) groups excluding carboxylic acids is 2. The normalized spacial score (nSPS) is 11.9. The second-order valence-electron chi connectivity index (χ2n) is 6.35. The molecule has 0 bridgehead atoms. The lowest BCUT2D eigenvalue weighted by atomic mass is 9.87. The Bertz CT molecular complexity index is 735. The minimum Gasteiger partial charge on any atom is -0.465 e. The molecule has 0 spiro atoms. The monoisotopic (exact) mass is 327 g/mol. The minimum atomic E-state index is -0.647. The lowest BCUT2D eigenvalue weighted by Gasteiger charge is -2.19. The first kappa shape index (κ1) is 17.5. The van der Waals surface area contributed by atoms with Crippen LogP contribution in [0.15, 0.2) is 52.8 Å². The summed E-state index contributed by atoms with van der Waals surface area (Å²) >= 11 is 0. The van der Waals surface area contributed by atoms with Crippen molar-refractivity contribution < 1.29 is 18.7 Å². The zero-order chi connectivity index (χ0) is 17.7. The molecule has 1 aromatic carbocycles. The Hall–Kier alpha value is -2.82. The van der Waals surface area contributed by atoms with Crippen LogP contribution in [-0.2, 0) is 14.9 Å². The van der Waals surface area contributed by atoms with Crippen LogP contribution in [0.4, 0.5) is 0 Å². The predicted octanol–water partition coefficient (Wildman–Crippen LogP) is 3.52. The van der Waals surface area contributed by atoms with Crippen molar-refractivity contribution in [1.29, 1.82) is 0 Å². The Morgan fingerprint density at radius 2 is 1.79 bits per heavy atom. The van der Waals surface area contributed by atoms with Crippen LogP contribution in [0.2, 0.25) is 0 Å². The number of hydrogen-bond acceptors (Lipinski definition) is 4. The van der Waals surface area contributed by atoms with E-state index in [9.17, 15) is 9.59 Å². The van der Waals surface area contributed by atoms with E-state index in [2.05, 4.69) is 26.1 Å². The van der Waals surface area contributed by atoms with Gasteiger partial charge in [0.1, 0.15) is 11.5 Å². The van der Waals surface area contributed by atoms with Crippen LogP contribution >= 0.6 is 0 Å². The van der Waals surface area contributed by atoms with E-state index in [1.807, 2.05) is 12.1 Å². The molecule has 24 heavy (non-hydrogen) atoms. The average Bonchev–Trinajstić information content (AvgIpc) is 3.05. The summed E-state index contributed by atoms with van der Waals surface area (Å²) in [6, 6.07) is 10.6. The Morgan fingerprint density at radius 1 is 1.12 bits per heavy atom. The molecule has 0 radical (unpaired) electrons. The third kappa shape index (κ3) is 4.35. The number of amides is 1. The summed E-state index contributed by atoms with van der Waals surface area (Å²) in [6.45, 7) is 6.30. The maximum absolute atomic E-state index is 12.4. The fourth-order valence-electron chi connectivity index (χ4n) is 2.09. The third-order valence-corrected chi connectivity index (χ3v) is 3.50. The summed E-state index contributed by atoms with van der Waals surface area (Å²) < 4.78 is 9.86. The number of nitrogens with one attached hydrogen (secondary N) is 1. The second-order valence-corrected chi connectivity index (χ2v) is 6.35. The zero-order valence-electron chi connectivity index (χ0n) is 14.3. The molecule has 0 fully saturated rings. The number of methoxy groups -OCH3 is 1. The first-order valence-corrected chi connectivity index (χ1v) is 7.56. The van der Waals surface area contributed by atoms with Crippen LogP contribution in [0.25, 0.3) is 6.08 Å². The van der Waals surface area contributed by atoms with Gasteiger partial charge in [-0.15, -0.1) is 0 Å². The van der Waals surface area contributed by atoms with Crippen molar-refractivity contribution >= 4 is 18.0 Å². The molecule has 0 atom stereocenters. The quantitative estimate of drug-likeness (QED) is 0.689. The van der Waals surface area contributed by atoms with Gasteiger partial charge in [0.25, 0.3) is 5.91 Å². The van der Waals surface area contributed by atoms with E-state index >= 15 is 0 Å². The fraction of sp³-hybridized carbons (Fsp3) is 0.263. The summed E-state index contributed by atoms with van der Waals surface area (Å²) in [7, 11) is 1.25. The van der Waals surface area contributed by atoms with Crippen LogP contribution in [0.5, 0.6) is 0 Å². The number of hydrogen-bond donors (Lipinski definition) is 1. The van der Waals surface area contributed by atoms with Crippen LogP contribution in [-0.4, -0.2) is 19.0 Å². The molecule has 2 aromatic rings. The number of furan rings is 1. The number of rotatable bonds is 4. The molecule has 0 unspecified atom stereocenters. The summed E-state index contributed by atoms with van der Waals surface area (Å²) in [5, 5.41) is 2.57. The molecule has 2 rings (SSSR count). The molecular weight excluding hydrogens is 306 g/mol. The minimum absolute atomic E-state index is 0.00533. The Kier molecular flexibility index (Phi) is 5.24. The topological polar surface area (TPSA) is 68.5 Å². The van der Waals surface area contributed by atoms with Crippen LogP contribution in [0, 0.1) is 0 Å². The molecule has 0 saturated carbocycles. The third-order valence-electron chi connectivity index (χ3n) is 3.50. The van der Waals surface area contributed by atoms with Crippen molar-refractivity contribution in [2.24, 2.45) is 0 Å². The van der Waals surface area contributed by atoms with Gasteiger partial charge in [0.15, 0.2) is 0 Å². The molecule has 0 saturated heterocycles. The zero-order valence-corrected chi connectivity index (χ0v) is 14.3. The standard InChI is InChI=1S/C19H21NO4/c1-19(2,3)14-9-7-13(8-10-14)17(21)20-16(18(22)23-4)12-15-6-5-11-24-15/h5-12H,1-4H3,(H,20,21)/b16-12-. The summed E-state index contributed by atoms with van der Waals surface area (Å²) in [5.41, 5.74) is 1.60. The van der Waals surface area contributed by atoms with Gasteiger partial charge in [-0.3, -0.25) is 4.79 Å². The molecule has 0 aliphatic rings. The van der Waals surface area contributed by atoms with Crippen molar-refractivity contribution in [3.63, 3.8) is 0 Å². The van der Waals surface area contributed by atoms with Crippen molar-refractivity contribution in [1.82, 2.24) is 5.32 Å². The highest BCUT2D eigenvalue weighted by molar-refractivity contribution is 6.03. The molecule has 1 aromatic heterocycles. The first-order chi connectivity index (χ1) is 11.3. The molecular formula is C19H21NO4. The van der Waals surface area contributed by atoms with E-state index in [4.69, 9.17) is 9.15 Å². The van der Waals surface area contributed by atoms with Gasteiger partial charge in [-0.25, -0.2) is 4.79 Å². The summed E-state index contributed by atoms with van der Waals surface area (Å²) in [4.78, 5) is 24.2. The number of benzene rings is 1. The van der Waals surface area contributed by atoms with Gasteiger partial charge >= 0.3 is 5.97 Å². The lowest BCUT2D eigenvalue weighted by molar-refractivity contribution is -0.136. The van der Waals surface area contributed by atoms with Gasteiger partial charge in [0.2, 0.25) is 0 Å². The number of esters is 1. The first-order valence-electron chi connectivity index (χ1n) is 7.56. The lowest BCUT2D eigenvalue weighted by Crippen LogP contribution is -2.28. The maximum atomic E-state index is 12.4. The van der Waals surface area contributed by atoms with E-state index in [0.717, 1.165) is 5.56 Å². The second kappa shape index (κ2) is 7.17. The van der Waals surface area contributed by atoms with Crippen molar-refractivity contribution in [2.45, 2.75) is 26.2 Å². The van der Waals surface area contributed by atoms with Gasteiger partial charge in [-0.05, 0) is 35.2 Å². The van der Waals surface area contributed by atoms with E-state index < -0.39 is 11.9 Å². The van der Waals surface area contributed by atoms with Gasteiger partial charge in [-0.2, -0.15) is 0 Å². The Balaban J connectivity index is 2.20. The molecule has 126 valence electrons. The van der Waals surface area contributed by atoms with Gasteiger partial charge < -0.3 is 14.5 Å². The molecule has 0 aliphatic carbocycles. The highest BCUT2D eigenvalue weighted by atomic mass is 16.5. The molecule has 1 N–H and O–H groups in total. The molecule has 5 heteroatoms.